The lowest BCUT2D eigenvalue weighted by molar-refractivity contribution is -0.146. The van der Waals surface area contributed by atoms with Crippen LogP contribution < -0.4 is 5.73 Å². The Morgan fingerprint density at radius 3 is 2.60 bits per heavy atom. The molecule has 1 rings (SSSR count). The van der Waals surface area contributed by atoms with E-state index in [4.69, 9.17) is 5.73 Å². The first-order valence-electron chi connectivity index (χ1n) is 4.56. The number of hydrogen-bond acceptors (Lipinski definition) is 4. The summed E-state index contributed by atoms with van der Waals surface area (Å²) < 4.78 is 40.9. The summed E-state index contributed by atoms with van der Waals surface area (Å²) in [5, 5.41) is 2.87. The Morgan fingerprint density at radius 1 is 1.47 bits per heavy atom. The van der Waals surface area contributed by atoms with Crippen LogP contribution in [0.4, 0.5) is 13.2 Å². The minimum absolute atomic E-state index is 0.00998. The van der Waals surface area contributed by atoms with E-state index >= 15 is 0 Å². The van der Waals surface area contributed by atoms with E-state index in [2.05, 4.69) is 14.7 Å². The average Bonchev–Trinajstić information content (AvgIpc) is 2.62. The minimum atomic E-state index is -4.55. The standard InChI is InChI=1S/C8H12F3N3O/c1-5(3-2-4-12)6-13-7(14-15-6)8(9,10)11/h5H,2-4,12H2,1H3. The second-order valence-corrected chi connectivity index (χ2v) is 3.29. The van der Waals surface area contributed by atoms with E-state index in [1.807, 2.05) is 0 Å². The van der Waals surface area contributed by atoms with Gasteiger partial charge in [-0.2, -0.15) is 18.2 Å². The SMILES string of the molecule is CC(CCCN)c1nc(C(F)(F)F)no1. The van der Waals surface area contributed by atoms with E-state index in [0.29, 0.717) is 19.4 Å². The number of nitrogens with two attached hydrogens (primary N) is 1. The highest BCUT2D eigenvalue weighted by Gasteiger charge is 2.37. The summed E-state index contributed by atoms with van der Waals surface area (Å²) in [7, 11) is 0. The summed E-state index contributed by atoms with van der Waals surface area (Å²) in [5.74, 6) is -1.41. The molecule has 0 fully saturated rings. The molecule has 7 heteroatoms. The van der Waals surface area contributed by atoms with Crippen LogP contribution >= 0.6 is 0 Å². The molecule has 0 saturated carbocycles. The zero-order valence-electron chi connectivity index (χ0n) is 8.21. The van der Waals surface area contributed by atoms with Gasteiger partial charge in [0.25, 0.3) is 5.82 Å². The van der Waals surface area contributed by atoms with Gasteiger partial charge in [-0.1, -0.05) is 12.1 Å². The van der Waals surface area contributed by atoms with Crippen molar-refractivity contribution in [3.05, 3.63) is 11.7 Å². The summed E-state index contributed by atoms with van der Waals surface area (Å²) >= 11 is 0. The van der Waals surface area contributed by atoms with Gasteiger partial charge in [-0.25, -0.2) is 0 Å². The Morgan fingerprint density at radius 2 is 2.13 bits per heavy atom. The van der Waals surface area contributed by atoms with Gasteiger partial charge in [0.2, 0.25) is 5.89 Å². The molecule has 1 unspecified atom stereocenters. The molecule has 0 amide bonds. The van der Waals surface area contributed by atoms with Crippen molar-refractivity contribution < 1.29 is 17.7 Å². The molecule has 15 heavy (non-hydrogen) atoms. The van der Waals surface area contributed by atoms with Gasteiger partial charge in [0.05, 0.1) is 0 Å². The molecule has 1 aromatic rings. The third kappa shape index (κ3) is 3.19. The average molecular weight is 223 g/mol. The number of nitrogens with zero attached hydrogens (tertiary/aromatic N) is 2. The zero-order chi connectivity index (χ0) is 11.5. The Labute approximate surface area is 84.6 Å². The summed E-state index contributed by atoms with van der Waals surface area (Å²) in [4.78, 5) is 3.29. The predicted molar refractivity (Wildman–Crippen MR) is 46.0 cm³/mol. The first-order valence-corrected chi connectivity index (χ1v) is 4.56. The predicted octanol–water partition coefficient (Wildman–Crippen LogP) is 1.93. The van der Waals surface area contributed by atoms with Gasteiger partial charge in [-0.15, -0.1) is 0 Å². The molecule has 1 heterocycles. The molecule has 0 aliphatic rings. The largest absolute Gasteiger partial charge is 0.455 e. The minimum Gasteiger partial charge on any atom is -0.339 e. The fourth-order valence-electron chi connectivity index (χ4n) is 1.10. The van der Waals surface area contributed by atoms with Crippen molar-refractivity contribution in [2.24, 2.45) is 5.73 Å². The first-order chi connectivity index (χ1) is 6.95. The molecular weight excluding hydrogens is 211 g/mol. The second kappa shape index (κ2) is 4.61. The van der Waals surface area contributed by atoms with Crippen LogP contribution in [0.2, 0.25) is 0 Å². The van der Waals surface area contributed by atoms with E-state index in [-0.39, 0.29) is 11.8 Å². The van der Waals surface area contributed by atoms with Crippen LogP contribution in [0.3, 0.4) is 0 Å². The third-order valence-electron chi connectivity index (χ3n) is 1.96. The molecule has 1 atom stereocenters. The molecule has 0 saturated heterocycles. The van der Waals surface area contributed by atoms with Crippen LogP contribution in [0.15, 0.2) is 4.52 Å². The van der Waals surface area contributed by atoms with Crippen LogP contribution in [0.25, 0.3) is 0 Å². The maximum atomic E-state index is 12.1. The maximum absolute atomic E-state index is 12.1. The Balaban J connectivity index is 2.67. The molecule has 0 bridgehead atoms. The smallest absolute Gasteiger partial charge is 0.339 e. The second-order valence-electron chi connectivity index (χ2n) is 3.29. The lowest BCUT2D eigenvalue weighted by Crippen LogP contribution is -2.08. The van der Waals surface area contributed by atoms with Crippen LogP contribution in [-0.2, 0) is 6.18 Å². The summed E-state index contributed by atoms with van der Waals surface area (Å²) in [6, 6.07) is 0. The van der Waals surface area contributed by atoms with Gasteiger partial charge in [0.1, 0.15) is 0 Å². The fourth-order valence-corrected chi connectivity index (χ4v) is 1.10. The lowest BCUT2D eigenvalue weighted by atomic mass is 10.1. The third-order valence-corrected chi connectivity index (χ3v) is 1.96. The highest BCUT2D eigenvalue weighted by atomic mass is 19.4. The maximum Gasteiger partial charge on any atom is 0.455 e. The van der Waals surface area contributed by atoms with Crippen LogP contribution in [-0.4, -0.2) is 16.7 Å². The van der Waals surface area contributed by atoms with Crippen molar-refractivity contribution in [1.29, 1.82) is 0 Å². The van der Waals surface area contributed by atoms with E-state index in [0.717, 1.165) is 0 Å². The molecule has 2 N–H and O–H groups in total. The van der Waals surface area contributed by atoms with Gasteiger partial charge in [-0.3, -0.25) is 0 Å². The van der Waals surface area contributed by atoms with Crippen molar-refractivity contribution in [2.75, 3.05) is 6.54 Å². The number of aromatic nitrogens is 2. The summed E-state index contributed by atoms with van der Waals surface area (Å²) in [5.41, 5.74) is 5.28. The Hall–Kier alpha value is -1.11. The molecular formula is C8H12F3N3O. The van der Waals surface area contributed by atoms with Crippen molar-refractivity contribution in [1.82, 2.24) is 10.1 Å². The molecule has 0 aromatic carbocycles. The Bertz CT molecular complexity index is 310. The van der Waals surface area contributed by atoms with Gasteiger partial charge in [-0.05, 0) is 19.4 Å². The molecule has 1 aromatic heterocycles. The molecule has 0 spiro atoms. The molecule has 86 valence electrons. The topological polar surface area (TPSA) is 64.9 Å². The highest BCUT2D eigenvalue weighted by Crippen LogP contribution is 2.28. The molecule has 4 nitrogen and oxygen atoms in total. The Kier molecular flexibility index (Phi) is 3.67. The normalized spacial score (nSPS) is 14.2. The van der Waals surface area contributed by atoms with Crippen LogP contribution in [0.1, 0.15) is 37.4 Å². The van der Waals surface area contributed by atoms with E-state index in [1.54, 1.807) is 6.92 Å². The van der Waals surface area contributed by atoms with E-state index in [1.165, 1.54) is 0 Å². The molecule has 0 aliphatic heterocycles. The zero-order valence-corrected chi connectivity index (χ0v) is 8.21. The number of alkyl halides is 3. The van der Waals surface area contributed by atoms with Crippen molar-refractivity contribution in [3.8, 4) is 0 Å². The number of hydrogen-bond donors (Lipinski definition) is 1. The van der Waals surface area contributed by atoms with Gasteiger partial charge in [0, 0.05) is 5.92 Å². The van der Waals surface area contributed by atoms with Crippen molar-refractivity contribution in [2.45, 2.75) is 31.9 Å². The lowest BCUT2D eigenvalue weighted by Gasteiger charge is -2.03. The van der Waals surface area contributed by atoms with Gasteiger partial charge < -0.3 is 10.3 Å². The number of halogens is 3. The van der Waals surface area contributed by atoms with Crippen LogP contribution in [0.5, 0.6) is 0 Å². The van der Waals surface area contributed by atoms with Gasteiger partial charge >= 0.3 is 6.18 Å². The van der Waals surface area contributed by atoms with Gasteiger partial charge in [0.15, 0.2) is 0 Å². The fraction of sp³-hybridized carbons (Fsp3) is 0.750. The van der Waals surface area contributed by atoms with Crippen molar-refractivity contribution >= 4 is 0 Å². The van der Waals surface area contributed by atoms with Crippen molar-refractivity contribution in [3.63, 3.8) is 0 Å². The highest BCUT2D eigenvalue weighted by molar-refractivity contribution is 4.95. The van der Waals surface area contributed by atoms with E-state index < -0.39 is 12.0 Å². The summed E-state index contributed by atoms with van der Waals surface area (Å²) in [6.45, 7) is 2.22. The summed E-state index contributed by atoms with van der Waals surface area (Å²) in [6.07, 6.45) is -3.20. The number of rotatable bonds is 4. The first kappa shape index (κ1) is 12.0. The molecule has 0 aliphatic carbocycles. The quantitative estimate of drug-likeness (QED) is 0.846. The van der Waals surface area contributed by atoms with Crippen LogP contribution in [0, 0.1) is 0 Å². The van der Waals surface area contributed by atoms with E-state index in [9.17, 15) is 13.2 Å². The monoisotopic (exact) mass is 223 g/mol. The molecule has 0 radical (unpaired) electrons.